The Kier molecular flexibility index (Phi) is 10.4. The molecular weight excluding hydrogens is 904 g/mol. The van der Waals surface area contributed by atoms with Crippen molar-refractivity contribution >= 4 is 21.9 Å². The van der Waals surface area contributed by atoms with Crippen molar-refractivity contribution in [1.82, 2.24) is 19.5 Å². The van der Waals surface area contributed by atoms with Crippen LogP contribution in [0.15, 0.2) is 158 Å². The second kappa shape index (κ2) is 15.5. The maximum Gasteiger partial charge on any atom is 0.123 e. The summed E-state index contributed by atoms with van der Waals surface area (Å²) in [7, 11) is 0. The largest absolute Gasteiger partial charge is 0.507 e. The van der Waals surface area contributed by atoms with Gasteiger partial charge in [-0.15, -0.1) is 6.07 Å². The topological polar surface area (TPSA) is 63.8 Å². The third kappa shape index (κ3) is 7.52. The molecule has 0 spiro atoms. The van der Waals surface area contributed by atoms with Crippen molar-refractivity contribution in [2.75, 3.05) is 0 Å². The summed E-state index contributed by atoms with van der Waals surface area (Å²) >= 11 is 0. The van der Waals surface area contributed by atoms with Crippen LogP contribution in [0.1, 0.15) is 52.7 Å². The molecule has 0 amide bonds. The van der Waals surface area contributed by atoms with Crippen LogP contribution < -0.4 is 0 Å². The summed E-state index contributed by atoms with van der Waals surface area (Å²) in [5.74, 6) is 0.886. The van der Waals surface area contributed by atoms with E-state index in [9.17, 15) is 5.11 Å². The standard InChI is InChI=1S/C53H45N4O.Pt/c1-52(2,3)40-23-24-46(43(30-40)35-17-11-8-12-18-35)57-47-21-13-20-42(45-29-36(22-25-48(45)58)34-15-9-7-10-16-34)50(47)56-51(57)39-27-38(32-54-33-39)44-31-41(53(4,5)6)28-37-19-14-26-55-49(37)44;/h7-26,28-33,58H,1-6H3;/q-1;. The molecule has 1 N–H and O–H groups in total. The molecule has 0 fully saturated rings. The van der Waals surface area contributed by atoms with Gasteiger partial charge in [-0.2, -0.15) is 0 Å². The molecule has 9 rings (SSSR count). The van der Waals surface area contributed by atoms with E-state index in [4.69, 9.17) is 15.0 Å². The summed E-state index contributed by atoms with van der Waals surface area (Å²) in [5.41, 5.74) is 14.2. The Morgan fingerprint density at radius 2 is 1.24 bits per heavy atom. The summed E-state index contributed by atoms with van der Waals surface area (Å²) < 4.78 is 2.24. The van der Waals surface area contributed by atoms with Crippen LogP contribution in [-0.4, -0.2) is 24.6 Å². The Balaban J connectivity index is 0.00000484. The molecule has 0 aliphatic carbocycles. The summed E-state index contributed by atoms with van der Waals surface area (Å²) in [5, 5.41) is 12.6. The van der Waals surface area contributed by atoms with Crippen molar-refractivity contribution in [3.05, 3.63) is 175 Å². The van der Waals surface area contributed by atoms with Gasteiger partial charge in [0.05, 0.1) is 16.9 Å². The van der Waals surface area contributed by atoms with E-state index in [2.05, 4.69) is 143 Å². The van der Waals surface area contributed by atoms with Gasteiger partial charge in [0.1, 0.15) is 5.75 Å². The average molecular weight is 949 g/mol. The quantitative estimate of drug-likeness (QED) is 0.169. The predicted octanol–water partition coefficient (Wildman–Crippen LogP) is 13.4. The molecule has 6 aromatic carbocycles. The van der Waals surface area contributed by atoms with Gasteiger partial charge in [0.25, 0.3) is 0 Å². The normalized spacial score (nSPS) is 11.8. The fourth-order valence-corrected chi connectivity index (χ4v) is 7.83. The predicted molar refractivity (Wildman–Crippen MR) is 239 cm³/mol. The second-order valence-electron chi connectivity index (χ2n) is 17.1. The third-order valence-corrected chi connectivity index (χ3v) is 11.0. The number of phenolic OH excluding ortho intramolecular Hbond substituents is 1. The van der Waals surface area contributed by atoms with Crippen molar-refractivity contribution < 1.29 is 26.2 Å². The molecule has 0 saturated carbocycles. The molecule has 0 aliphatic heterocycles. The maximum atomic E-state index is 11.5. The molecule has 59 heavy (non-hydrogen) atoms. The molecule has 0 radical (unpaired) electrons. The summed E-state index contributed by atoms with van der Waals surface area (Å²) in [6, 6.07) is 51.9. The van der Waals surface area contributed by atoms with E-state index in [0.717, 1.165) is 72.1 Å². The van der Waals surface area contributed by atoms with E-state index in [1.807, 2.05) is 61.1 Å². The van der Waals surface area contributed by atoms with Crippen LogP contribution in [0.2, 0.25) is 0 Å². The van der Waals surface area contributed by atoms with Crippen LogP contribution in [0.4, 0.5) is 0 Å². The average Bonchev–Trinajstić information content (AvgIpc) is 3.63. The number of aromatic nitrogens is 4. The first-order valence-electron chi connectivity index (χ1n) is 19.8. The van der Waals surface area contributed by atoms with Crippen LogP contribution in [-0.2, 0) is 31.9 Å². The Bertz CT molecular complexity index is 2980. The number of fused-ring (bicyclic) bond motifs is 2. The van der Waals surface area contributed by atoms with E-state index in [-0.39, 0.29) is 37.6 Å². The molecule has 5 nitrogen and oxygen atoms in total. The number of pyridine rings is 2. The number of nitrogens with zero attached hydrogens (tertiary/aromatic N) is 4. The van der Waals surface area contributed by atoms with Crippen LogP contribution in [0.3, 0.4) is 0 Å². The molecule has 3 heterocycles. The number of hydrogen-bond acceptors (Lipinski definition) is 4. The van der Waals surface area contributed by atoms with Gasteiger partial charge in [-0.1, -0.05) is 161 Å². The maximum absolute atomic E-state index is 11.5. The Hall–Kier alpha value is -6.16. The Labute approximate surface area is 360 Å². The number of hydrogen-bond donors (Lipinski definition) is 1. The number of aromatic hydroxyl groups is 1. The molecule has 0 aliphatic rings. The number of benzene rings is 6. The zero-order valence-electron chi connectivity index (χ0n) is 34.1. The first kappa shape index (κ1) is 39.7. The first-order valence-corrected chi connectivity index (χ1v) is 19.8. The van der Waals surface area contributed by atoms with Crippen molar-refractivity contribution in [3.63, 3.8) is 0 Å². The number of phenols is 1. The van der Waals surface area contributed by atoms with E-state index in [1.54, 1.807) is 6.07 Å². The fraction of sp³-hybridized carbons (Fsp3) is 0.151. The molecule has 0 bridgehead atoms. The Morgan fingerprint density at radius 1 is 0.542 bits per heavy atom. The number of imidazole rings is 1. The second-order valence-corrected chi connectivity index (χ2v) is 17.1. The van der Waals surface area contributed by atoms with Crippen molar-refractivity contribution in [1.29, 1.82) is 0 Å². The minimum atomic E-state index is -0.0787. The van der Waals surface area contributed by atoms with Gasteiger partial charge in [0, 0.05) is 55.2 Å². The van der Waals surface area contributed by atoms with Crippen LogP contribution in [0.5, 0.6) is 5.75 Å². The minimum absolute atomic E-state index is 0. The third-order valence-electron chi connectivity index (χ3n) is 11.0. The van der Waals surface area contributed by atoms with Gasteiger partial charge < -0.3 is 14.7 Å². The van der Waals surface area contributed by atoms with Gasteiger partial charge in [0.15, 0.2) is 0 Å². The summed E-state index contributed by atoms with van der Waals surface area (Å²) in [6.45, 7) is 13.4. The monoisotopic (exact) mass is 948 g/mol. The van der Waals surface area contributed by atoms with Gasteiger partial charge in [0.2, 0.25) is 0 Å². The summed E-state index contributed by atoms with van der Waals surface area (Å²) in [4.78, 5) is 15.2. The van der Waals surface area contributed by atoms with Gasteiger partial charge in [-0.3, -0.25) is 9.97 Å². The molecule has 3 aromatic heterocycles. The van der Waals surface area contributed by atoms with Crippen LogP contribution in [0, 0.1) is 6.07 Å². The van der Waals surface area contributed by atoms with E-state index < -0.39 is 0 Å². The zero-order valence-corrected chi connectivity index (χ0v) is 36.3. The van der Waals surface area contributed by atoms with Crippen molar-refractivity contribution in [2.24, 2.45) is 0 Å². The molecule has 9 aromatic rings. The summed E-state index contributed by atoms with van der Waals surface area (Å²) in [6.07, 6.45) is 5.57. The van der Waals surface area contributed by atoms with Crippen LogP contribution >= 0.6 is 0 Å². The molecule has 6 heteroatoms. The molecule has 294 valence electrons. The molecule has 0 saturated heterocycles. The Morgan fingerprint density at radius 3 is 1.97 bits per heavy atom. The van der Waals surface area contributed by atoms with Crippen molar-refractivity contribution in [3.8, 4) is 67.3 Å². The van der Waals surface area contributed by atoms with E-state index >= 15 is 0 Å². The fourth-order valence-electron chi connectivity index (χ4n) is 7.83. The SMILES string of the molecule is CC(C)(C)c1ccc(-n2c(-c3[c-]c(-c4cc(C(C)(C)C)cc5cccnc45)cnc3)nc3c(-c4cc(-c5ccccc5)ccc4O)cccc32)c(-c2ccccc2)c1.[Pt]. The zero-order chi connectivity index (χ0) is 40.2. The van der Waals surface area contributed by atoms with Gasteiger partial charge in [-0.25, -0.2) is 0 Å². The van der Waals surface area contributed by atoms with Gasteiger partial charge >= 0.3 is 0 Å². The smallest absolute Gasteiger partial charge is 0.123 e. The van der Waals surface area contributed by atoms with E-state index in [1.165, 1.54) is 11.1 Å². The number of para-hydroxylation sites is 1. The number of rotatable bonds is 6. The molecule has 0 atom stereocenters. The van der Waals surface area contributed by atoms with E-state index in [0.29, 0.717) is 11.4 Å². The van der Waals surface area contributed by atoms with Gasteiger partial charge in [-0.05, 0) is 92.8 Å². The minimum Gasteiger partial charge on any atom is -0.507 e. The molecule has 0 unspecified atom stereocenters. The van der Waals surface area contributed by atoms with Crippen molar-refractivity contribution in [2.45, 2.75) is 52.4 Å². The van der Waals surface area contributed by atoms with Crippen LogP contribution in [0.25, 0.3) is 83.5 Å². The first-order chi connectivity index (χ1) is 27.9. The molecular formula is C53H45N4OPt-.